The molecule has 0 saturated heterocycles. The van der Waals surface area contributed by atoms with Gasteiger partial charge in [0.15, 0.2) is 5.78 Å². The molecule has 0 fully saturated rings. The minimum Gasteiger partial charge on any atom is -0.500 e. The molecule has 3 heteroatoms. The van der Waals surface area contributed by atoms with Gasteiger partial charge < -0.3 is 9.64 Å². The number of ether oxygens (including phenoxy) is 1. The molecule has 0 amide bonds. The van der Waals surface area contributed by atoms with Gasteiger partial charge in [0.25, 0.3) is 0 Å². The van der Waals surface area contributed by atoms with Crippen LogP contribution in [0.3, 0.4) is 0 Å². The molecule has 1 aliphatic rings. The smallest absolute Gasteiger partial charge is 0.174 e. The first kappa shape index (κ1) is 24.5. The molecule has 1 aliphatic carbocycles. The largest absolute Gasteiger partial charge is 0.500 e. The molecule has 3 nitrogen and oxygen atoms in total. The molecule has 1 aromatic carbocycles. The van der Waals surface area contributed by atoms with Gasteiger partial charge in [0.05, 0.1) is 19.1 Å². The number of nitrogens with zero attached hydrogens (tertiary/aromatic N) is 1. The molecule has 0 bridgehead atoms. The molecule has 0 aromatic heterocycles. The van der Waals surface area contributed by atoms with Crippen molar-refractivity contribution in [2.75, 3.05) is 25.1 Å². The van der Waals surface area contributed by atoms with Crippen molar-refractivity contribution in [1.82, 2.24) is 0 Å². The Balaban J connectivity index is 1.91. The van der Waals surface area contributed by atoms with Gasteiger partial charge in [-0.1, -0.05) is 90.2 Å². The summed E-state index contributed by atoms with van der Waals surface area (Å²) in [6, 6.07) is 8.57. The number of ketones is 1. The van der Waals surface area contributed by atoms with Crippen LogP contribution in [-0.2, 0) is 9.53 Å². The Labute approximate surface area is 184 Å². The molecule has 0 N–H and O–H groups in total. The maximum atomic E-state index is 12.0. The lowest BCUT2D eigenvalue weighted by Crippen LogP contribution is -2.26. The van der Waals surface area contributed by atoms with E-state index in [1.165, 1.54) is 82.7 Å². The Morgan fingerprint density at radius 3 is 1.73 bits per heavy atom. The van der Waals surface area contributed by atoms with E-state index in [2.05, 4.69) is 43.0 Å². The lowest BCUT2D eigenvalue weighted by molar-refractivity contribution is -0.115. The van der Waals surface area contributed by atoms with Gasteiger partial charge in [-0.15, -0.1) is 0 Å². The first-order valence-electron chi connectivity index (χ1n) is 12.4. The van der Waals surface area contributed by atoms with Crippen LogP contribution in [0.4, 0.5) is 5.69 Å². The molecule has 0 spiro atoms. The number of methoxy groups -OCH3 is 1. The average molecular weight is 414 g/mol. The summed E-state index contributed by atoms with van der Waals surface area (Å²) in [6.45, 7) is 6.81. The van der Waals surface area contributed by atoms with Crippen molar-refractivity contribution >= 4 is 17.0 Å². The van der Waals surface area contributed by atoms with E-state index in [1.54, 1.807) is 7.11 Å². The highest BCUT2D eigenvalue weighted by Gasteiger charge is 2.29. The van der Waals surface area contributed by atoms with Crippen LogP contribution in [0.1, 0.15) is 103 Å². The molecule has 0 aliphatic heterocycles. The van der Waals surface area contributed by atoms with Gasteiger partial charge in [0.1, 0.15) is 5.76 Å². The van der Waals surface area contributed by atoms with Gasteiger partial charge in [0, 0.05) is 18.8 Å². The number of carbonyl (C=O) groups excluding carboxylic acids is 1. The van der Waals surface area contributed by atoms with Crippen molar-refractivity contribution in [1.29, 1.82) is 0 Å². The van der Waals surface area contributed by atoms with E-state index in [0.29, 0.717) is 6.42 Å². The van der Waals surface area contributed by atoms with Crippen molar-refractivity contribution in [3.8, 4) is 0 Å². The summed E-state index contributed by atoms with van der Waals surface area (Å²) in [5.41, 5.74) is 3.04. The number of carbonyl (C=O) groups is 1. The molecule has 0 heterocycles. The highest BCUT2D eigenvalue weighted by molar-refractivity contribution is 6.28. The SMILES string of the molecule is CCCCCCCCN(CCCCCCCC)c1ccc(C2=C(OC)CC2=O)cc1. The molecular formula is C27H43NO2. The summed E-state index contributed by atoms with van der Waals surface area (Å²) in [6.07, 6.45) is 16.4. The third kappa shape index (κ3) is 7.81. The number of benzene rings is 1. The fourth-order valence-corrected chi connectivity index (χ4v) is 4.24. The van der Waals surface area contributed by atoms with E-state index in [-0.39, 0.29) is 5.78 Å². The van der Waals surface area contributed by atoms with E-state index in [0.717, 1.165) is 30.0 Å². The van der Waals surface area contributed by atoms with Crippen molar-refractivity contribution in [3.63, 3.8) is 0 Å². The van der Waals surface area contributed by atoms with E-state index in [1.807, 2.05) is 0 Å². The van der Waals surface area contributed by atoms with Crippen LogP contribution in [0.5, 0.6) is 0 Å². The van der Waals surface area contributed by atoms with E-state index in [9.17, 15) is 4.79 Å². The van der Waals surface area contributed by atoms with Crippen LogP contribution in [0.25, 0.3) is 5.57 Å². The number of rotatable bonds is 17. The lowest BCUT2D eigenvalue weighted by atomic mass is 9.88. The fraction of sp³-hybridized carbons (Fsp3) is 0.667. The minimum absolute atomic E-state index is 0.190. The van der Waals surface area contributed by atoms with Gasteiger partial charge in [-0.2, -0.15) is 0 Å². The first-order valence-corrected chi connectivity index (χ1v) is 12.4. The van der Waals surface area contributed by atoms with E-state index < -0.39 is 0 Å². The van der Waals surface area contributed by atoms with Crippen LogP contribution >= 0.6 is 0 Å². The number of anilines is 1. The quantitative estimate of drug-likeness (QED) is 0.247. The molecule has 1 aromatic rings. The molecule has 2 rings (SSSR count). The zero-order valence-corrected chi connectivity index (χ0v) is 19.7. The fourth-order valence-electron chi connectivity index (χ4n) is 4.24. The zero-order chi connectivity index (χ0) is 21.6. The van der Waals surface area contributed by atoms with Crippen LogP contribution in [-0.4, -0.2) is 26.0 Å². The summed E-state index contributed by atoms with van der Waals surface area (Å²) in [7, 11) is 1.65. The Bertz CT molecular complexity index is 631. The summed E-state index contributed by atoms with van der Waals surface area (Å²) >= 11 is 0. The summed E-state index contributed by atoms with van der Waals surface area (Å²) in [5.74, 6) is 1.01. The maximum absolute atomic E-state index is 12.0. The predicted molar refractivity (Wildman–Crippen MR) is 129 cm³/mol. The normalized spacial score (nSPS) is 13.5. The van der Waals surface area contributed by atoms with E-state index >= 15 is 0 Å². The lowest BCUT2D eigenvalue weighted by Gasteiger charge is -2.26. The Hall–Kier alpha value is -1.77. The molecule has 168 valence electrons. The maximum Gasteiger partial charge on any atom is 0.174 e. The third-order valence-corrected chi connectivity index (χ3v) is 6.21. The number of allylic oxidation sites excluding steroid dienone is 2. The van der Waals surface area contributed by atoms with Gasteiger partial charge >= 0.3 is 0 Å². The Kier molecular flexibility index (Phi) is 11.7. The standard InChI is InChI=1S/C27H43NO2/c1-4-6-8-10-12-14-20-28(21-15-13-11-9-7-5-2)24-18-16-23(17-19-24)27-25(29)22-26(27)30-3/h16-19H,4-15,20-22H2,1-3H3. The second kappa shape index (κ2) is 14.3. The highest BCUT2D eigenvalue weighted by Crippen LogP contribution is 2.34. The van der Waals surface area contributed by atoms with Gasteiger partial charge in [-0.25, -0.2) is 0 Å². The van der Waals surface area contributed by atoms with Gasteiger partial charge in [0.2, 0.25) is 0 Å². The molecule has 0 radical (unpaired) electrons. The minimum atomic E-state index is 0.190. The van der Waals surface area contributed by atoms with Crippen LogP contribution in [0.2, 0.25) is 0 Å². The number of hydrogen-bond donors (Lipinski definition) is 0. The van der Waals surface area contributed by atoms with Crippen LogP contribution in [0, 0.1) is 0 Å². The van der Waals surface area contributed by atoms with Gasteiger partial charge in [-0.3, -0.25) is 4.79 Å². The third-order valence-electron chi connectivity index (χ3n) is 6.21. The molecule has 30 heavy (non-hydrogen) atoms. The first-order chi connectivity index (χ1) is 14.7. The summed E-state index contributed by atoms with van der Waals surface area (Å²) < 4.78 is 5.34. The summed E-state index contributed by atoms with van der Waals surface area (Å²) in [4.78, 5) is 14.5. The highest BCUT2D eigenvalue weighted by atomic mass is 16.5. The van der Waals surface area contributed by atoms with Crippen molar-refractivity contribution in [2.24, 2.45) is 0 Å². The predicted octanol–water partition coefficient (Wildman–Crippen LogP) is 7.54. The Morgan fingerprint density at radius 1 is 0.767 bits per heavy atom. The van der Waals surface area contributed by atoms with Crippen molar-refractivity contribution in [3.05, 3.63) is 35.6 Å². The van der Waals surface area contributed by atoms with Gasteiger partial charge in [-0.05, 0) is 30.5 Å². The van der Waals surface area contributed by atoms with Crippen LogP contribution in [0.15, 0.2) is 30.0 Å². The number of unbranched alkanes of at least 4 members (excludes halogenated alkanes) is 10. The van der Waals surface area contributed by atoms with Crippen molar-refractivity contribution in [2.45, 2.75) is 97.3 Å². The average Bonchev–Trinajstić information content (AvgIpc) is 2.75. The molecule has 0 atom stereocenters. The van der Waals surface area contributed by atoms with Crippen molar-refractivity contribution < 1.29 is 9.53 Å². The molecule has 0 saturated carbocycles. The Morgan fingerprint density at radius 2 is 1.27 bits per heavy atom. The number of hydrogen-bond acceptors (Lipinski definition) is 3. The second-order valence-corrected chi connectivity index (χ2v) is 8.67. The van der Waals surface area contributed by atoms with E-state index in [4.69, 9.17) is 4.74 Å². The zero-order valence-electron chi connectivity index (χ0n) is 19.7. The second-order valence-electron chi connectivity index (χ2n) is 8.67. The molecule has 0 unspecified atom stereocenters. The summed E-state index contributed by atoms with van der Waals surface area (Å²) in [5, 5.41) is 0. The monoisotopic (exact) mass is 413 g/mol. The number of Topliss-reactive ketones (excluding diaryl/α,β-unsaturated/α-hetero) is 1. The van der Waals surface area contributed by atoms with Crippen LogP contribution < -0.4 is 4.90 Å². The molecular weight excluding hydrogens is 370 g/mol. The topological polar surface area (TPSA) is 29.5 Å².